The zero-order chi connectivity index (χ0) is 90.7. The van der Waals surface area contributed by atoms with Crippen LogP contribution in [0.15, 0.2) is 211 Å². The first-order valence-corrected chi connectivity index (χ1v) is 47.0. The number of nitrogens with one attached hydrogen (secondary N) is 1. The van der Waals surface area contributed by atoms with Crippen LogP contribution < -0.4 is 53.2 Å². The number of anilines is 3. The fraction of sp³-hybridized carbons (Fsp3) is 0.417. The normalized spacial score (nSPS) is 16.2. The van der Waals surface area contributed by atoms with Gasteiger partial charge in [0.25, 0.3) is 27.7 Å². The third-order valence-corrected chi connectivity index (χ3v) is 28.5. The molecule has 16 rings (SSSR count). The van der Waals surface area contributed by atoms with E-state index in [0.717, 1.165) is 203 Å². The van der Waals surface area contributed by atoms with Crippen molar-refractivity contribution in [3.63, 3.8) is 0 Å². The number of quaternary nitrogens is 1. The van der Waals surface area contributed by atoms with E-state index in [-0.39, 0.29) is 47.4 Å². The number of carbonyl (C=O) groups excluding carboxylic acids is 3. The van der Waals surface area contributed by atoms with Crippen molar-refractivity contribution in [2.45, 2.75) is 115 Å². The van der Waals surface area contributed by atoms with E-state index in [1.165, 1.54) is 33.0 Å². The number of aryl methyl sites for hydroxylation is 2. The molecule has 1 aromatic heterocycles. The number of rotatable bonds is 36. The molecule has 3 saturated heterocycles. The number of carbonyl (C=O) groups is 3. The van der Waals surface area contributed by atoms with Crippen LogP contribution in [-0.2, 0) is 49.8 Å². The second kappa shape index (κ2) is 43.6. The molecule has 9 aromatic carbocycles. The molecule has 1 N–H and O–H groups in total. The van der Waals surface area contributed by atoms with Crippen LogP contribution in [0.3, 0.4) is 0 Å². The summed E-state index contributed by atoms with van der Waals surface area (Å²) in [5.74, 6) is 5.57. The summed E-state index contributed by atoms with van der Waals surface area (Å²) in [6.07, 6.45) is 5.97. The predicted molar refractivity (Wildman–Crippen MR) is 508 cm³/mol. The molecule has 0 bridgehead atoms. The Kier molecular flexibility index (Phi) is 31.6. The van der Waals surface area contributed by atoms with Crippen molar-refractivity contribution in [3.8, 4) is 40.2 Å². The number of amides is 3. The quantitative estimate of drug-likeness (QED) is 0.0286. The van der Waals surface area contributed by atoms with Gasteiger partial charge in [0.05, 0.1) is 107 Å². The Morgan fingerprint density at radius 3 is 1.26 bits per heavy atom. The lowest BCUT2D eigenvalue weighted by atomic mass is 9.99. The van der Waals surface area contributed by atoms with E-state index < -0.39 is 10.0 Å². The lowest BCUT2D eigenvalue weighted by molar-refractivity contribution is -0.908. The highest BCUT2D eigenvalue weighted by Crippen LogP contribution is 2.46. The Labute approximate surface area is 763 Å². The minimum absolute atomic E-state index is 0.0150. The standard InChI is InChI=1S/C41H51N4O3.C32H44N6O5S.C30H35N3O4/c1-5-45(2)26-24-43(25-27-45)38-19-12-18-35-36(38)31-44(41(35)46)37(34-21-22-39(47-3)40(28-34)48-4)20-13-23-42(29-32-14-8-6-9-15-32)30-33-16-10-7-11-17-33;1-7-36-16-18-37(19-17-36)28-11-8-10-25-26(28)21-38(32(25)39)27(24-13-14-29(42-5)30(20-24)43-6)12-9-15-35(4)44(40,41)31-22-34(3)23(2)33-31;1-35-28-14-13-22(20-29(28)36-2)26(12-7-19-37-23-8-4-3-5-9-23)33-21-25-24(30(33)34)10-6-11-27(25)32-17-15-31-16-18-32/h6-12,14-19,21-22,28,37H,5,13,20,23-27,29-31H2,1-4H3;8,10-11,13-14,20,22,27H,7,9,12,15-19,21H2,1-6H3;3-6,8-11,13-14,20,26,31H,7,12,15-19,21H2,1-2H3/q+1;;/t37-;27-;26-/m111/s1. The second-order valence-electron chi connectivity index (χ2n) is 34.5. The van der Waals surface area contributed by atoms with Gasteiger partial charge >= 0.3 is 0 Å². The average molecular weight is 1770 g/mol. The number of methoxy groups -OCH3 is 6. The lowest BCUT2D eigenvalue weighted by Gasteiger charge is -2.42. The van der Waals surface area contributed by atoms with Crippen LogP contribution in [0.25, 0.3) is 0 Å². The van der Waals surface area contributed by atoms with Crippen molar-refractivity contribution < 1.29 is 60.4 Å². The van der Waals surface area contributed by atoms with Crippen molar-refractivity contribution in [1.29, 1.82) is 0 Å². The molecule has 3 atom stereocenters. The number of fused-ring (bicyclic) bond motifs is 3. The summed E-state index contributed by atoms with van der Waals surface area (Å²) in [7, 11) is 11.8. The van der Waals surface area contributed by atoms with Gasteiger partial charge in [0.1, 0.15) is 11.6 Å². The number of para-hydroxylation sites is 1. The molecule has 6 aliphatic heterocycles. The molecule has 129 heavy (non-hydrogen) atoms. The molecule has 7 heterocycles. The molecule has 6 aliphatic rings. The first-order chi connectivity index (χ1) is 62.7. The lowest BCUT2D eigenvalue weighted by Crippen LogP contribution is -2.57. The predicted octanol–water partition coefficient (Wildman–Crippen LogP) is 15.5. The highest BCUT2D eigenvalue weighted by atomic mass is 32.2. The van der Waals surface area contributed by atoms with E-state index in [1.54, 1.807) is 68.2 Å². The van der Waals surface area contributed by atoms with E-state index >= 15 is 0 Å². The van der Waals surface area contributed by atoms with Crippen molar-refractivity contribution in [1.82, 2.24) is 43.7 Å². The largest absolute Gasteiger partial charge is 0.494 e. The Bertz CT molecular complexity index is 5470. The molecule has 684 valence electrons. The van der Waals surface area contributed by atoms with Crippen LogP contribution >= 0.6 is 0 Å². The molecule has 3 amide bonds. The molecule has 3 fully saturated rings. The summed E-state index contributed by atoms with van der Waals surface area (Å²) < 4.78 is 70.0. The molecule has 0 aliphatic carbocycles. The Morgan fingerprint density at radius 1 is 0.465 bits per heavy atom. The van der Waals surface area contributed by atoms with Crippen LogP contribution in [0.5, 0.6) is 40.2 Å². The molecular weight excluding hydrogens is 1640 g/mol. The fourth-order valence-corrected chi connectivity index (χ4v) is 20.1. The van der Waals surface area contributed by atoms with Gasteiger partial charge in [0, 0.05) is 162 Å². The number of imidazole rings is 1. The van der Waals surface area contributed by atoms with E-state index in [2.05, 4.69) is 158 Å². The van der Waals surface area contributed by atoms with Gasteiger partial charge in [-0.3, -0.25) is 19.3 Å². The van der Waals surface area contributed by atoms with E-state index in [4.69, 9.17) is 33.2 Å². The van der Waals surface area contributed by atoms with Crippen molar-refractivity contribution in [2.24, 2.45) is 7.05 Å². The van der Waals surface area contributed by atoms with Crippen LogP contribution in [0.1, 0.15) is 152 Å². The number of likely N-dealkylation sites (N-methyl/N-ethyl adjacent to an activating group) is 2. The maximum absolute atomic E-state index is 14.3. The maximum atomic E-state index is 14.3. The van der Waals surface area contributed by atoms with Crippen molar-refractivity contribution in [3.05, 3.63) is 273 Å². The summed E-state index contributed by atoms with van der Waals surface area (Å²) in [6, 6.07) is 67.0. The molecule has 26 heteroatoms. The number of hydrogen-bond donors (Lipinski definition) is 1. The molecule has 0 radical (unpaired) electrons. The summed E-state index contributed by atoms with van der Waals surface area (Å²) in [5.41, 5.74) is 14.9. The van der Waals surface area contributed by atoms with E-state index in [9.17, 15) is 22.8 Å². The number of hydrogen-bond acceptors (Lipinski definition) is 19. The van der Waals surface area contributed by atoms with Crippen LogP contribution in [0, 0.1) is 6.92 Å². The number of piperazine rings is 3. The van der Waals surface area contributed by atoms with Gasteiger partial charge in [-0.1, -0.05) is 122 Å². The smallest absolute Gasteiger partial charge is 0.261 e. The third-order valence-electron chi connectivity index (χ3n) is 26.8. The zero-order valence-corrected chi connectivity index (χ0v) is 78.2. The van der Waals surface area contributed by atoms with Gasteiger partial charge in [0.2, 0.25) is 0 Å². The maximum Gasteiger partial charge on any atom is 0.261 e. The summed E-state index contributed by atoms with van der Waals surface area (Å²) in [4.78, 5) is 64.6. The van der Waals surface area contributed by atoms with Crippen molar-refractivity contribution >= 4 is 44.8 Å². The number of nitrogens with zero attached hydrogens (tertiary/aromatic N) is 12. The summed E-state index contributed by atoms with van der Waals surface area (Å²) in [6.45, 7) is 25.5. The van der Waals surface area contributed by atoms with Gasteiger partial charge in [-0.05, 0) is 178 Å². The van der Waals surface area contributed by atoms with Gasteiger partial charge in [-0.2, -0.15) is 4.31 Å². The molecule has 0 unspecified atom stereocenters. The highest BCUT2D eigenvalue weighted by molar-refractivity contribution is 7.89. The summed E-state index contributed by atoms with van der Waals surface area (Å²) >= 11 is 0. The number of benzene rings is 9. The molecular formula is C103H130N13O12S+. The molecule has 0 saturated carbocycles. The topological polar surface area (TPSA) is 209 Å². The zero-order valence-electron chi connectivity index (χ0n) is 77.3. The second-order valence-corrected chi connectivity index (χ2v) is 36.5. The minimum Gasteiger partial charge on any atom is -0.494 e. The van der Waals surface area contributed by atoms with E-state index in [1.807, 2.05) is 113 Å². The third kappa shape index (κ3) is 21.9. The minimum atomic E-state index is -3.75. The van der Waals surface area contributed by atoms with Crippen LogP contribution in [-0.4, -0.2) is 237 Å². The fourth-order valence-electron chi connectivity index (χ4n) is 18.9. The Morgan fingerprint density at radius 2 is 0.860 bits per heavy atom. The van der Waals surface area contributed by atoms with Crippen LogP contribution in [0.4, 0.5) is 17.1 Å². The Balaban J connectivity index is 0.000000158. The molecule has 25 nitrogen and oxygen atoms in total. The molecule has 10 aromatic rings. The first kappa shape index (κ1) is 93.5. The number of ether oxygens (including phenoxy) is 7. The highest BCUT2D eigenvalue weighted by Gasteiger charge is 2.41. The average Bonchev–Trinajstić information content (AvgIpc) is 1.64. The number of aromatic nitrogens is 2. The van der Waals surface area contributed by atoms with E-state index in [0.29, 0.717) is 79.4 Å². The first-order valence-electron chi connectivity index (χ1n) is 45.6. The van der Waals surface area contributed by atoms with Crippen molar-refractivity contribution in [2.75, 3.05) is 183 Å². The number of sulfonamides is 1. The molecule has 0 spiro atoms. The van der Waals surface area contributed by atoms with Gasteiger partial charge in [-0.25, -0.2) is 13.4 Å². The SMILES string of the molecule is CCN1CCN(c2cccc3c2CN([C@H](CCCN(C)S(=O)(=O)c2cn(C)c(C)n2)c2ccc(OC)c(OC)c2)C3=O)CC1.CC[N+]1(C)CCN(c2cccc3c2CN([C@H](CCCN(Cc2ccccc2)Cc2ccccc2)c2ccc(OC)c(OC)c2)C3=O)CC1.COc1ccc([C@@H](CCCOc2ccccc2)N2Cc3c(cccc3N3CCNCC3)C2=O)cc1OC. The summed E-state index contributed by atoms with van der Waals surface area (Å²) in [5, 5.41) is 3.45. The van der Waals surface area contributed by atoms with Crippen LogP contribution in [0.2, 0.25) is 0 Å². The monoisotopic (exact) mass is 1770 g/mol. The van der Waals surface area contributed by atoms with Gasteiger partial charge in [0.15, 0.2) is 39.5 Å². The van der Waals surface area contributed by atoms with Gasteiger partial charge in [-0.15, -0.1) is 0 Å². The Hall–Kier alpha value is -11.7. The van der Waals surface area contributed by atoms with Gasteiger partial charge < -0.3 is 81.8 Å².